The average Bonchev–Trinajstić information content (AvgIpc) is 3.29. The van der Waals surface area contributed by atoms with Gasteiger partial charge in [0.15, 0.2) is 0 Å². The first-order valence-corrected chi connectivity index (χ1v) is 10.4. The molecule has 0 bridgehead atoms. The highest BCUT2D eigenvalue weighted by Gasteiger charge is 2.41. The summed E-state index contributed by atoms with van der Waals surface area (Å²) in [6.07, 6.45) is 2.23. The average molecular weight is 412 g/mol. The molecule has 5 nitrogen and oxygen atoms in total. The Morgan fingerprint density at radius 2 is 1.84 bits per heavy atom. The largest absolute Gasteiger partial charge is 0.497 e. The maximum absolute atomic E-state index is 6.44. The van der Waals surface area contributed by atoms with Crippen molar-refractivity contribution in [2.75, 3.05) is 13.7 Å². The van der Waals surface area contributed by atoms with Gasteiger partial charge in [0.25, 0.3) is 0 Å². The molecule has 3 aromatic carbocycles. The molecule has 2 atom stereocenters. The predicted molar refractivity (Wildman–Crippen MR) is 121 cm³/mol. The molecule has 0 aliphatic carbocycles. The highest BCUT2D eigenvalue weighted by atomic mass is 16.5. The quantitative estimate of drug-likeness (QED) is 0.501. The van der Waals surface area contributed by atoms with Crippen molar-refractivity contribution in [1.29, 1.82) is 0 Å². The van der Waals surface area contributed by atoms with Crippen LogP contribution in [-0.4, -0.2) is 24.4 Å². The van der Waals surface area contributed by atoms with Crippen LogP contribution in [0.5, 0.6) is 17.2 Å². The molecule has 156 valence electrons. The number of rotatable bonds is 6. The Kier molecular flexibility index (Phi) is 5.08. The van der Waals surface area contributed by atoms with E-state index in [4.69, 9.17) is 19.3 Å². The van der Waals surface area contributed by atoms with Gasteiger partial charge in [0, 0.05) is 17.5 Å². The Bertz CT molecular complexity index is 1110. The second-order valence-corrected chi connectivity index (χ2v) is 7.56. The van der Waals surface area contributed by atoms with E-state index < -0.39 is 0 Å². The van der Waals surface area contributed by atoms with Crippen molar-refractivity contribution < 1.29 is 14.2 Å². The Morgan fingerprint density at radius 1 is 1.06 bits per heavy atom. The SMILES string of the molecule is C=CCOc1ccc(C2Oc3ccc(OC)cc3C3CC(c4ccccc4)=NN32)cc1. The summed E-state index contributed by atoms with van der Waals surface area (Å²) in [5.74, 6) is 2.48. The van der Waals surface area contributed by atoms with Crippen LogP contribution in [0, 0.1) is 0 Å². The maximum atomic E-state index is 6.44. The smallest absolute Gasteiger partial charge is 0.213 e. The van der Waals surface area contributed by atoms with E-state index in [0.29, 0.717) is 6.61 Å². The van der Waals surface area contributed by atoms with E-state index in [0.717, 1.165) is 46.1 Å². The standard InChI is InChI=1S/C26H24N2O3/c1-3-15-30-20-11-9-19(10-12-20)26-28-24(17-23(27-28)18-7-5-4-6-8-18)22-16-21(29-2)13-14-25(22)31-26/h3-14,16,24,26H,1,15,17H2,2H3. The summed E-state index contributed by atoms with van der Waals surface area (Å²) in [6, 6.07) is 24.4. The molecule has 0 spiro atoms. The third-order valence-corrected chi connectivity index (χ3v) is 5.64. The lowest BCUT2D eigenvalue weighted by Gasteiger charge is -2.38. The van der Waals surface area contributed by atoms with Crippen molar-refractivity contribution in [3.05, 3.63) is 102 Å². The van der Waals surface area contributed by atoms with E-state index in [1.165, 1.54) is 0 Å². The monoisotopic (exact) mass is 412 g/mol. The number of hydrazone groups is 1. The number of hydrogen-bond acceptors (Lipinski definition) is 5. The molecule has 0 amide bonds. The van der Waals surface area contributed by atoms with Crippen LogP contribution >= 0.6 is 0 Å². The number of nitrogens with zero attached hydrogens (tertiary/aromatic N) is 2. The molecule has 2 heterocycles. The molecule has 5 rings (SSSR count). The second-order valence-electron chi connectivity index (χ2n) is 7.56. The van der Waals surface area contributed by atoms with Gasteiger partial charge in [-0.2, -0.15) is 5.10 Å². The molecule has 2 aliphatic rings. The molecule has 0 saturated heterocycles. The lowest BCUT2D eigenvalue weighted by molar-refractivity contribution is -0.0191. The molecule has 0 fully saturated rings. The Balaban J connectivity index is 1.53. The van der Waals surface area contributed by atoms with Crippen molar-refractivity contribution >= 4 is 5.71 Å². The molecular weight excluding hydrogens is 388 g/mol. The van der Waals surface area contributed by atoms with Crippen LogP contribution in [0.15, 0.2) is 90.6 Å². The van der Waals surface area contributed by atoms with Crippen LogP contribution in [0.3, 0.4) is 0 Å². The van der Waals surface area contributed by atoms with Gasteiger partial charge < -0.3 is 14.2 Å². The molecule has 31 heavy (non-hydrogen) atoms. The van der Waals surface area contributed by atoms with Gasteiger partial charge >= 0.3 is 0 Å². The summed E-state index contributed by atoms with van der Waals surface area (Å²) in [5.41, 5.74) is 4.31. The Morgan fingerprint density at radius 3 is 2.58 bits per heavy atom. The zero-order valence-electron chi connectivity index (χ0n) is 17.4. The van der Waals surface area contributed by atoms with Crippen LogP contribution in [-0.2, 0) is 0 Å². The van der Waals surface area contributed by atoms with Crippen molar-refractivity contribution in [3.8, 4) is 17.2 Å². The Hall–Kier alpha value is -3.73. The minimum Gasteiger partial charge on any atom is -0.497 e. The summed E-state index contributed by atoms with van der Waals surface area (Å²) >= 11 is 0. The number of ether oxygens (including phenoxy) is 3. The highest BCUT2D eigenvalue weighted by molar-refractivity contribution is 6.01. The van der Waals surface area contributed by atoms with E-state index in [1.54, 1.807) is 13.2 Å². The van der Waals surface area contributed by atoms with E-state index >= 15 is 0 Å². The first-order chi connectivity index (χ1) is 15.3. The third-order valence-electron chi connectivity index (χ3n) is 5.64. The van der Waals surface area contributed by atoms with Gasteiger partial charge in [-0.05, 0) is 48.0 Å². The van der Waals surface area contributed by atoms with E-state index in [2.05, 4.69) is 29.8 Å². The fraction of sp³-hybridized carbons (Fsp3) is 0.192. The van der Waals surface area contributed by atoms with Crippen molar-refractivity contribution in [2.24, 2.45) is 5.10 Å². The minimum absolute atomic E-state index is 0.0794. The second kappa shape index (κ2) is 8.19. The topological polar surface area (TPSA) is 43.3 Å². The molecule has 2 unspecified atom stereocenters. The van der Waals surface area contributed by atoms with Crippen molar-refractivity contribution in [2.45, 2.75) is 18.7 Å². The number of benzene rings is 3. The normalized spacial score (nSPS) is 19.0. The van der Waals surface area contributed by atoms with Gasteiger partial charge in [-0.15, -0.1) is 0 Å². The number of methoxy groups -OCH3 is 1. The predicted octanol–water partition coefficient (Wildman–Crippen LogP) is 5.50. The van der Waals surface area contributed by atoms with Crippen LogP contribution < -0.4 is 14.2 Å². The number of fused-ring (bicyclic) bond motifs is 3. The summed E-state index contributed by atoms with van der Waals surface area (Å²) < 4.78 is 17.5. The lowest BCUT2D eigenvalue weighted by atomic mass is 9.95. The Labute approximate surface area is 182 Å². The third kappa shape index (κ3) is 3.63. The summed E-state index contributed by atoms with van der Waals surface area (Å²) in [5, 5.41) is 7.08. The van der Waals surface area contributed by atoms with Crippen LogP contribution in [0.2, 0.25) is 0 Å². The molecule has 2 aliphatic heterocycles. The molecule has 5 heteroatoms. The van der Waals surface area contributed by atoms with Gasteiger partial charge in [0.1, 0.15) is 23.9 Å². The van der Waals surface area contributed by atoms with Crippen molar-refractivity contribution in [1.82, 2.24) is 5.01 Å². The zero-order valence-corrected chi connectivity index (χ0v) is 17.4. The summed E-state index contributed by atoms with van der Waals surface area (Å²) in [4.78, 5) is 0. The van der Waals surface area contributed by atoms with E-state index in [1.807, 2.05) is 54.6 Å². The fourth-order valence-corrected chi connectivity index (χ4v) is 4.10. The lowest BCUT2D eigenvalue weighted by Crippen LogP contribution is -2.33. The van der Waals surface area contributed by atoms with Gasteiger partial charge in [-0.25, -0.2) is 5.01 Å². The minimum atomic E-state index is -0.319. The molecule has 0 saturated carbocycles. The summed E-state index contributed by atoms with van der Waals surface area (Å²) in [7, 11) is 1.68. The molecular formula is C26H24N2O3. The molecule has 0 radical (unpaired) electrons. The molecule has 0 aromatic heterocycles. The number of hydrogen-bond donors (Lipinski definition) is 0. The first-order valence-electron chi connectivity index (χ1n) is 10.4. The van der Waals surface area contributed by atoms with Crippen molar-refractivity contribution in [3.63, 3.8) is 0 Å². The molecule has 3 aromatic rings. The van der Waals surface area contributed by atoms with Gasteiger partial charge in [-0.3, -0.25) is 0 Å². The van der Waals surface area contributed by atoms with Crippen LogP contribution in [0.1, 0.15) is 35.4 Å². The van der Waals surface area contributed by atoms with Gasteiger partial charge in [0.05, 0.1) is 18.9 Å². The van der Waals surface area contributed by atoms with Crippen LogP contribution in [0.25, 0.3) is 0 Å². The zero-order chi connectivity index (χ0) is 21.2. The maximum Gasteiger partial charge on any atom is 0.213 e. The molecule has 0 N–H and O–H groups in total. The summed E-state index contributed by atoms with van der Waals surface area (Å²) in [6.45, 7) is 4.17. The van der Waals surface area contributed by atoms with E-state index in [-0.39, 0.29) is 12.3 Å². The van der Waals surface area contributed by atoms with Gasteiger partial charge in [0.2, 0.25) is 6.23 Å². The fourth-order valence-electron chi connectivity index (χ4n) is 4.10. The van der Waals surface area contributed by atoms with Crippen LogP contribution in [0.4, 0.5) is 0 Å². The highest BCUT2D eigenvalue weighted by Crippen LogP contribution is 2.48. The first kappa shape index (κ1) is 19.2. The van der Waals surface area contributed by atoms with E-state index in [9.17, 15) is 0 Å². The van der Waals surface area contributed by atoms with Gasteiger partial charge in [-0.1, -0.05) is 43.0 Å².